The number of aromatic amines is 2. The number of benzene rings is 2. The van der Waals surface area contributed by atoms with Gasteiger partial charge in [-0.15, -0.1) is 0 Å². The van der Waals surface area contributed by atoms with Crippen molar-refractivity contribution in [3.05, 3.63) is 77.2 Å². The standard InChI is InChI=1S/C23H23ClN4O3/c24-16-4-2-15(3-5-16)19(13-22(29)30)20-14-28-21-12-17(6-7-18(20)21)31-11-1-8-25-23-26-9-10-27-23/h2-7,9-10,12,14,19,28H,1,8,11,13H2,(H,29,30)(H2,25,26,27). The zero-order valence-electron chi connectivity index (χ0n) is 16.8. The van der Waals surface area contributed by atoms with Crippen LogP contribution in [0.4, 0.5) is 5.95 Å². The van der Waals surface area contributed by atoms with Crippen molar-refractivity contribution in [2.75, 3.05) is 18.5 Å². The van der Waals surface area contributed by atoms with Crippen LogP contribution in [0.25, 0.3) is 10.9 Å². The van der Waals surface area contributed by atoms with E-state index >= 15 is 0 Å². The first-order valence-electron chi connectivity index (χ1n) is 10.0. The van der Waals surface area contributed by atoms with Crippen LogP contribution in [0.3, 0.4) is 0 Å². The highest BCUT2D eigenvalue weighted by molar-refractivity contribution is 6.30. The third-order valence-electron chi connectivity index (χ3n) is 5.09. The van der Waals surface area contributed by atoms with E-state index in [1.165, 1.54) is 0 Å². The second-order valence-corrected chi connectivity index (χ2v) is 7.66. The van der Waals surface area contributed by atoms with Crippen molar-refractivity contribution >= 4 is 34.4 Å². The molecule has 0 aliphatic heterocycles. The van der Waals surface area contributed by atoms with Gasteiger partial charge in [0.15, 0.2) is 5.95 Å². The van der Waals surface area contributed by atoms with E-state index in [2.05, 4.69) is 20.3 Å². The van der Waals surface area contributed by atoms with Crippen LogP contribution in [0.2, 0.25) is 5.02 Å². The van der Waals surface area contributed by atoms with E-state index in [1.54, 1.807) is 24.5 Å². The summed E-state index contributed by atoms with van der Waals surface area (Å²) < 4.78 is 5.87. The Kier molecular flexibility index (Phi) is 6.43. The van der Waals surface area contributed by atoms with Crippen LogP contribution >= 0.6 is 11.6 Å². The number of carbonyl (C=O) groups is 1. The van der Waals surface area contributed by atoms with E-state index in [0.717, 1.165) is 46.7 Å². The summed E-state index contributed by atoms with van der Waals surface area (Å²) in [6.07, 6.45) is 6.17. The molecule has 2 aromatic heterocycles. The van der Waals surface area contributed by atoms with Gasteiger partial charge in [0.05, 0.1) is 13.0 Å². The van der Waals surface area contributed by atoms with Crippen LogP contribution < -0.4 is 10.1 Å². The normalized spacial score (nSPS) is 12.0. The number of carboxylic acids is 1. The van der Waals surface area contributed by atoms with E-state index in [0.29, 0.717) is 11.6 Å². The van der Waals surface area contributed by atoms with Gasteiger partial charge < -0.3 is 25.1 Å². The number of H-pyrrole nitrogens is 2. The number of fused-ring (bicyclic) bond motifs is 1. The molecular weight excluding hydrogens is 416 g/mol. The van der Waals surface area contributed by atoms with Gasteiger partial charge in [-0.25, -0.2) is 4.98 Å². The van der Waals surface area contributed by atoms with Gasteiger partial charge in [-0.1, -0.05) is 23.7 Å². The first kappa shape index (κ1) is 20.8. The van der Waals surface area contributed by atoms with Crippen LogP contribution in [0, 0.1) is 0 Å². The predicted octanol–water partition coefficient (Wildman–Crippen LogP) is 5.03. The number of aromatic nitrogens is 3. The fraction of sp³-hybridized carbons (Fsp3) is 0.217. The summed E-state index contributed by atoms with van der Waals surface area (Å²) in [5, 5.41) is 14.2. The average Bonchev–Trinajstić information content (AvgIpc) is 3.42. The minimum Gasteiger partial charge on any atom is -0.493 e. The largest absolute Gasteiger partial charge is 0.493 e. The molecule has 2 aromatic carbocycles. The lowest BCUT2D eigenvalue weighted by atomic mass is 9.88. The van der Waals surface area contributed by atoms with Crippen molar-refractivity contribution in [2.24, 2.45) is 0 Å². The fourth-order valence-corrected chi connectivity index (χ4v) is 3.74. The lowest BCUT2D eigenvalue weighted by Gasteiger charge is -2.15. The van der Waals surface area contributed by atoms with Crippen LogP contribution in [0.1, 0.15) is 29.9 Å². The van der Waals surface area contributed by atoms with Gasteiger partial charge in [-0.3, -0.25) is 4.79 Å². The van der Waals surface area contributed by atoms with Crippen LogP contribution in [-0.2, 0) is 4.79 Å². The number of ether oxygens (including phenoxy) is 1. The Bertz CT molecular complexity index is 1140. The highest BCUT2D eigenvalue weighted by Crippen LogP contribution is 2.35. The van der Waals surface area contributed by atoms with Crippen molar-refractivity contribution in [1.82, 2.24) is 15.0 Å². The molecule has 2 heterocycles. The summed E-state index contributed by atoms with van der Waals surface area (Å²) in [7, 11) is 0. The molecule has 0 saturated carbocycles. The number of carboxylic acid groups (broad SMARTS) is 1. The third-order valence-corrected chi connectivity index (χ3v) is 5.34. The summed E-state index contributed by atoms with van der Waals surface area (Å²) in [4.78, 5) is 21.9. The number of halogens is 1. The maximum Gasteiger partial charge on any atom is 0.304 e. The zero-order valence-corrected chi connectivity index (χ0v) is 17.5. The molecule has 31 heavy (non-hydrogen) atoms. The third kappa shape index (κ3) is 5.19. The molecular formula is C23H23ClN4O3. The van der Waals surface area contributed by atoms with Crippen molar-refractivity contribution in [3.63, 3.8) is 0 Å². The molecule has 0 spiro atoms. The minimum atomic E-state index is -0.850. The molecule has 0 saturated heterocycles. The first-order valence-corrected chi connectivity index (χ1v) is 10.4. The number of imidazole rings is 1. The first-order chi connectivity index (χ1) is 15.1. The summed E-state index contributed by atoms with van der Waals surface area (Å²) in [6.45, 7) is 1.32. The number of hydrogen-bond donors (Lipinski definition) is 4. The summed E-state index contributed by atoms with van der Waals surface area (Å²) in [6, 6.07) is 13.2. The number of aliphatic carboxylic acids is 1. The number of hydrogen-bond acceptors (Lipinski definition) is 4. The molecule has 7 nitrogen and oxygen atoms in total. The Morgan fingerprint density at radius 3 is 2.77 bits per heavy atom. The highest BCUT2D eigenvalue weighted by atomic mass is 35.5. The Hall–Kier alpha value is -3.45. The van der Waals surface area contributed by atoms with Crippen LogP contribution in [-0.4, -0.2) is 39.2 Å². The van der Waals surface area contributed by atoms with E-state index in [-0.39, 0.29) is 12.3 Å². The van der Waals surface area contributed by atoms with Gasteiger partial charge in [0, 0.05) is 53.0 Å². The van der Waals surface area contributed by atoms with Gasteiger partial charge in [-0.2, -0.15) is 0 Å². The molecule has 0 aliphatic carbocycles. The molecule has 4 aromatic rings. The molecule has 8 heteroatoms. The number of rotatable bonds is 10. The van der Waals surface area contributed by atoms with E-state index in [9.17, 15) is 9.90 Å². The summed E-state index contributed by atoms with van der Waals surface area (Å²) in [5.41, 5.74) is 2.76. The molecule has 0 radical (unpaired) electrons. The van der Waals surface area contributed by atoms with Gasteiger partial charge in [0.1, 0.15) is 5.75 Å². The predicted molar refractivity (Wildman–Crippen MR) is 121 cm³/mol. The smallest absolute Gasteiger partial charge is 0.304 e. The molecule has 4 rings (SSSR count). The number of anilines is 1. The van der Waals surface area contributed by atoms with Crippen LogP contribution in [0.15, 0.2) is 61.1 Å². The molecule has 160 valence electrons. The van der Waals surface area contributed by atoms with Crippen molar-refractivity contribution < 1.29 is 14.6 Å². The van der Waals surface area contributed by atoms with Gasteiger partial charge in [-0.05, 0) is 41.8 Å². The molecule has 0 aliphatic rings. The maximum absolute atomic E-state index is 11.5. The maximum atomic E-state index is 11.5. The Labute approximate surface area is 184 Å². The van der Waals surface area contributed by atoms with E-state index < -0.39 is 5.97 Å². The molecule has 0 bridgehead atoms. The highest BCUT2D eigenvalue weighted by Gasteiger charge is 2.21. The number of nitrogens with zero attached hydrogens (tertiary/aromatic N) is 1. The molecule has 1 unspecified atom stereocenters. The molecule has 1 atom stereocenters. The summed E-state index contributed by atoms with van der Waals surface area (Å²) >= 11 is 6.00. The Morgan fingerprint density at radius 1 is 1.19 bits per heavy atom. The minimum absolute atomic E-state index is 0.00446. The Balaban J connectivity index is 1.45. The topological polar surface area (TPSA) is 103 Å². The van der Waals surface area contributed by atoms with Crippen molar-refractivity contribution in [2.45, 2.75) is 18.8 Å². The molecule has 0 amide bonds. The quantitative estimate of drug-likeness (QED) is 0.260. The van der Waals surface area contributed by atoms with E-state index in [1.807, 2.05) is 36.5 Å². The van der Waals surface area contributed by atoms with Crippen LogP contribution in [0.5, 0.6) is 5.75 Å². The fourth-order valence-electron chi connectivity index (χ4n) is 3.61. The second kappa shape index (κ2) is 9.57. The number of nitrogens with one attached hydrogen (secondary N) is 3. The van der Waals surface area contributed by atoms with Gasteiger partial charge in [0.25, 0.3) is 0 Å². The molecule has 0 fully saturated rings. The van der Waals surface area contributed by atoms with Gasteiger partial charge >= 0.3 is 5.97 Å². The second-order valence-electron chi connectivity index (χ2n) is 7.22. The van der Waals surface area contributed by atoms with Crippen molar-refractivity contribution in [3.8, 4) is 5.75 Å². The van der Waals surface area contributed by atoms with Gasteiger partial charge in [0.2, 0.25) is 0 Å². The summed E-state index contributed by atoms with van der Waals surface area (Å²) in [5.74, 6) is 0.387. The Morgan fingerprint density at radius 2 is 2.03 bits per heavy atom. The monoisotopic (exact) mass is 438 g/mol. The lowest BCUT2D eigenvalue weighted by Crippen LogP contribution is -2.08. The average molecular weight is 439 g/mol. The SMILES string of the molecule is O=C(O)CC(c1ccc(Cl)cc1)c1c[nH]c2cc(OCCCNc3ncc[nH]3)ccc12. The van der Waals surface area contributed by atoms with Crippen molar-refractivity contribution in [1.29, 1.82) is 0 Å². The lowest BCUT2D eigenvalue weighted by molar-refractivity contribution is -0.137. The molecule has 4 N–H and O–H groups in total. The van der Waals surface area contributed by atoms with E-state index in [4.69, 9.17) is 16.3 Å². The zero-order chi connectivity index (χ0) is 21.6.